The van der Waals surface area contributed by atoms with Crippen LogP contribution >= 0.6 is 11.6 Å². The summed E-state index contributed by atoms with van der Waals surface area (Å²) in [5.41, 5.74) is 3.23. The van der Waals surface area contributed by atoms with E-state index in [0.29, 0.717) is 5.56 Å². The Balaban J connectivity index is 1.98. The van der Waals surface area contributed by atoms with E-state index >= 15 is 0 Å². The van der Waals surface area contributed by atoms with E-state index in [-0.39, 0.29) is 0 Å². The van der Waals surface area contributed by atoms with Crippen molar-refractivity contribution in [3.8, 4) is 6.07 Å². The van der Waals surface area contributed by atoms with Crippen molar-refractivity contribution in [2.24, 2.45) is 0 Å². The highest BCUT2D eigenvalue weighted by atomic mass is 35.5. The first-order valence-electron chi connectivity index (χ1n) is 5.51. The van der Waals surface area contributed by atoms with Crippen molar-refractivity contribution < 1.29 is 0 Å². The second-order valence-corrected chi connectivity index (χ2v) is 4.37. The molecule has 0 spiro atoms. The van der Waals surface area contributed by atoms with Gasteiger partial charge in [-0.2, -0.15) is 5.26 Å². The molecule has 0 saturated heterocycles. The molecule has 0 aromatic heterocycles. The minimum Gasteiger partial charge on any atom is -0.192 e. The van der Waals surface area contributed by atoms with Crippen LogP contribution in [0.4, 0.5) is 0 Å². The van der Waals surface area contributed by atoms with Crippen molar-refractivity contribution >= 4 is 11.6 Å². The molecule has 0 heterocycles. The molecule has 0 aliphatic rings. The van der Waals surface area contributed by atoms with E-state index in [1.54, 1.807) is 0 Å². The number of rotatable bonds is 3. The van der Waals surface area contributed by atoms with Crippen LogP contribution in [0.1, 0.15) is 16.7 Å². The van der Waals surface area contributed by atoms with Crippen molar-refractivity contribution in [3.05, 3.63) is 70.2 Å². The quantitative estimate of drug-likeness (QED) is 0.797. The lowest BCUT2D eigenvalue weighted by molar-refractivity contribution is 0.960. The Morgan fingerprint density at radius 1 is 0.824 bits per heavy atom. The molecule has 0 amide bonds. The van der Waals surface area contributed by atoms with Gasteiger partial charge in [0.05, 0.1) is 11.6 Å². The van der Waals surface area contributed by atoms with Crippen LogP contribution in [-0.4, -0.2) is 0 Å². The number of halogens is 1. The van der Waals surface area contributed by atoms with Gasteiger partial charge in [0.2, 0.25) is 0 Å². The molecule has 0 fully saturated rings. The average molecular weight is 242 g/mol. The molecule has 0 N–H and O–H groups in total. The Hall–Kier alpha value is -1.78. The zero-order chi connectivity index (χ0) is 12.1. The normalized spacial score (nSPS) is 9.88. The van der Waals surface area contributed by atoms with Gasteiger partial charge in [-0.25, -0.2) is 0 Å². The molecule has 2 aromatic rings. The van der Waals surface area contributed by atoms with Crippen molar-refractivity contribution in [1.82, 2.24) is 0 Å². The number of nitriles is 1. The van der Waals surface area contributed by atoms with Crippen molar-refractivity contribution in [1.29, 1.82) is 5.26 Å². The van der Waals surface area contributed by atoms with Crippen LogP contribution in [0.3, 0.4) is 0 Å². The molecule has 2 rings (SSSR count). The first-order valence-corrected chi connectivity index (χ1v) is 5.89. The molecule has 17 heavy (non-hydrogen) atoms. The maximum absolute atomic E-state index is 8.70. The van der Waals surface area contributed by atoms with Gasteiger partial charge in [0, 0.05) is 5.02 Å². The molecular formula is C15H12ClN. The summed E-state index contributed by atoms with van der Waals surface area (Å²) in [6, 6.07) is 17.8. The largest absolute Gasteiger partial charge is 0.192 e. The highest BCUT2D eigenvalue weighted by molar-refractivity contribution is 6.30. The predicted octanol–water partition coefficient (Wildman–Crippen LogP) is 4.00. The van der Waals surface area contributed by atoms with E-state index in [0.717, 1.165) is 17.9 Å². The fourth-order valence-corrected chi connectivity index (χ4v) is 1.81. The average Bonchev–Trinajstić information content (AvgIpc) is 2.39. The van der Waals surface area contributed by atoms with Gasteiger partial charge in [0.25, 0.3) is 0 Å². The summed E-state index contributed by atoms with van der Waals surface area (Å²) >= 11 is 5.83. The standard InChI is InChI=1S/C15H12ClN/c16-15-9-7-13(8-10-15)2-1-12-3-5-14(11-17)6-4-12/h3-10H,1-2H2. The lowest BCUT2D eigenvalue weighted by atomic mass is 10.0. The van der Waals surface area contributed by atoms with E-state index in [2.05, 4.69) is 6.07 Å². The van der Waals surface area contributed by atoms with Gasteiger partial charge in [-0.1, -0.05) is 35.9 Å². The second-order valence-electron chi connectivity index (χ2n) is 3.94. The Morgan fingerprint density at radius 2 is 1.29 bits per heavy atom. The fraction of sp³-hybridized carbons (Fsp3) is 0.133. The molecule has 0 atom stereocenters. The number of aryl methyl sites for hydroxylation is 2. The molecule has 0 radical (unpaired) electrons. The van der Waals surface area contributed by atoms with Gasteiger partial charge in [-0.05, 0) is 48.2 Å². The van der Waals surface area contributed by atoms with E-state index < -0.39 is 0 Å². The Labute approximate surface area is 106 Å². The van der Waals surface area contributed by atoms with Gasteiger partial charge < -0.3 is 0 Å². The van der Waals surface area contributed by atoms with Crippen LogP contribution in [0, 0.1) is 11.3 Å². The van der Waals surface area contributed by atoms with Gasteiger partial charge in [-0.3, -0.25) is 0 Å². The molecule has 84 valence electrons. The summed E-state index contributed by atoms with van der Waals surface area (Å²) in [5, 5.41) is 9.47. The van der Waals surface area contributed by atoms with Crippen LogP contribution in [0.5, 0.6) is 0 Å². The highest BCUT2D eigenvalue weighted by Crippen LogP contribution is 2.12. The van der Waals surface area contributed by atoms with Crippen molar-refractivity contribution in [3.63, 3.8) is 0 Å². The molecule has 0 aliphatic heterocycles. The van der Waals surface area contributed by atoms with Crippen LogP contribution < -0.4 is 0 Å². The fourth-order valence-electron chi connectivity index (χ4n) is 1.69. The molecule has 0 aliphatic carbocycles. The predicted molar refractivity (Wildman–Crippen MR) is 70.0 cm³/mol. The third-order valence-corrected chi connectivity index (χ3v) is 2.95. The lowest BCUT2D eigenvalue weighted by Crippen LogP contribution is -1.91. The topological polar surface area (TPSA) is 23.8 Å². The van der Waals surface area contributed by atoms with E-state index in [1.165, 1.54) is 11.1 Å². The molecule has 0 bridgehead atoms. The summed E-state index contributed by atoms with van der Waals surface area (Å²) in [6.07, 6.45) is 1.97. The van der Waals surface area contributed by atoms with Gasteiger partial charge >= 0.3 is 0 Å². The minimum atomic E-state index is 0.709. The van der Waals surface area contributed by atoms with Gasteiger partial charge in [0.15, 0.2) is 0 Å². The molecule has 0 saturated carbocycles. The Kier molecular flexibility index (Phi) is 3.80. The first-order chi connectivity index (χ1) is 8.28. The van der Waals surface area contributed by atoms with Gasteiger partial charge in [-0.15, -0.1) is 0 Å². The maximum Gasteiger partial charge on any atom is 0.0991 e. The van der Waals surface area contributed by atoms with Crippen LogP contribution in [0.25, 0.3) is 0 Å². The zero-order valence-corrected chi connectivity index (χ0v) is 10.1. The SMILES string of the molecule is N#Cc1ccc(CCc2ccc(Cl)cc2)cc1. The minimum absolute atomic E-state index is 0.709. The molecule has 0 unspecified atom stereocenters. The van der Waals surface area contributed by atoms with Crippen LogP contribution in [-0.2, 0) is 12.8 Å². The van der Waals surface area contributed by atoms with Crippen molar-refractivity contribution in [2.75, 3.05) is 0 Å². The smallest absolute Gasteiger partial charge is 0.0991 e. The third-order valence-electron chi connectivity index (χ3n) is 2.70. The van der Waals surface area contributed by atoms with Crippen LogP contribution in [0.2, 0.25) is 5.02 Å². The summed E-state index contributed by atoms with van der Waals surface area (Å²) < 4.78 is 0. The monoisotopic (exact) mass is 241 g/mol. The summed E-state index contributed by atoms with van der Waals surface area (Å²) in [7, 11) is 0. The molecule has 2 aromatic carbocycles. The molecule has 1 nitrogen and oxygen atoms in total. The maximum atomic E-state index is 8.70. The summed E-state index contributed by atoms with van der Waals surface area (Å²) in [5.74, 6) is 0. The van der Waals surface area contributed by atoms with Crippen LogP contribution in [0.15, 0.2) is 48.5 Å². The lowest BCUT2D eigenvalue weighted by Gasteiger charge is -2.02. The second kappa shape index (κ2) is 5.52. The number of benzene rings is 2. The first kappa shape index (κ1) is 11.7. The summed E-state index contributed by atoms with van der Waals surface area (Å²) in [4.78, 5) is 0. The van der Waals surface area contributed by atoms with Gasteiger partial charge in [0.1, 0.15) is 0 Å². The summed E-state index contributed by atoms with van der Waals surface area (Å²) in [6.45, 7) is 0. The zero-order valence-electron chi connectivity index (χ0n) is 9.36. The van der Waals surface area contributed by atoms with Crippen molar-refractivity contribution in [2.45, 2.75) is 12.8 Å². The number of hydrogen-bond acceptors (Lipinski definition) is 1. The molecular weight excluding hydrogens is 230 g/mol. The number of nitrogens with zero attached hydrogens (tertiary/aromatic N) is 1. The Bertz CT molecular complexity index is 520. The number of hydrogen-bond donors (Lipinski definition) is 0. The van der Waals surface area contributed by atoms with E-state index in [4.69, 9.17) is 16.9 Å². The van der Waals surface area contributed by atoms with E-state index in [9.17, 15) is 0 Å². The third kappa shape index (κ3) is 3.34. The van der Waals surface area contributed by atoms with E-state index in [1.807, 2.05) is 48.5 Å². The Morgan fingerprint density at radius 3 is 1.76 bits per heavy atom. The highest BCUT2D eigenvalue weighted by Gasteiger charge is 1.97. The molecule has 2 heteroatoms.